The number of ether oxygens (including phenoxy) is 1. The minimum atomic E-state index is -0.155. The summed E-state index contributed by atoms with van der Waals surface area (Å²) in [6, 6.07) is -0.0744. The lowest BCUT2D eigenvalue weighted by Gasteiger charge is -2.45. The molecule has 72 valence electrons. The van der Waals surface area contributed by atoms with Crippen molar-refractivity contribution in [3.63, 3.8) is 0 Å². The van der Waals surface area contributed by atoms with Gasteiger partial charge in [-0.3, -0.25) is 4.48 Å². The molecule has 0 amide bonds. The van der Waals surface area contributed by atoms with Gasteiger partial charge in [0.2, 0.25) is 0 Å². The Kier molecular flexibility index (Phi) is 1.80. The first kappa shape index (κ1) is 8.56. The predicted octanol–water partition coefficient (Wildman–Crippen LogP) is 0.552. The quantitative estimate of drug-likeness (QED) is 0.478. The fourth-order valence-corrected chi connectivity index (χ4v) is 2.22. The van der Waals surface area contributed by atoms with Gasteiger partial charge in [-0.15, -0.1) is 0 Å². The summed E-state index contributed by atoms with van der Waals surface area (Å²) in [7, 11) is 1.41. The van der Waals surface area contributed by atoms with Crippen molar-refractivity contribution in [2.75, 3.05) is 20.2 Å². The zero-order chi connectivity index (χ0) is 9.47. The maximum absolute atomic E-state index is 11.3. The lowest BCUT2D eigenvalue weighted by molar-refractivity contribution is -0.930. The average molecular weight is 184 g/mol. The molecule has 13 heavy (non-hydrogen) atoms. The van der Waals surface area contributed by atoms with Gasteiger partial charge in [-0.2, -0.15) is 0 Å². The smallest absolute Gasteiger partial charge is 0.365 e. The normalized spacial score (nSPS) is 37.0. The van der Waals surface area contributed by atoms with E-state index < -0.39 is 0 Å². The van der Waals surface area contributed by atoms with Gasteiger partial charge < -0.3 is 9.84 Å². The minimum absolute atomic E-state index is 0.0744. The first-order valence-electron chi connectivity index (χ1n) is 4.53. The molecule has 0 radical (unpaired) electrons. The maximum atomic E-state index is 11.3. The molecule has 0 saturated carbocycles. The summed E-state index contributed by atoms with van der Waals surface area (Å²) in [5.41, 5.74) is 0. The second-order valence-corrected chi connectivity index (χ2v) is 3.75. The van der Waals surface area contributed by atoms with Crippen LogP contribution in [0.1, 0.15) is 12.8 Å². The topological polar surface area (TPSA) is 46.5 Å². The number of aliphatic hydroxyl groups is 1. The van der Waals surface area contributed by atoms with Gasteiger partial charge in [0.15, 0.2) is 11.8 Å². The molecule has 2 atom stereocenters. The van der Waals surface area contributed by atoms with E-state index in [-0.39, 0.29) is 12.0 Å². The van der Waals surface area contributed by atoms with Crippen LogP contribution in [0.2, 0.25) is 0 Å². The summed E-state index contributed by atoms with van der Waals surface area (Å²) >= 11 is 0. The molecule has 0 bridgehead atoms. The Balaban J connectivity index is 2.13. The van der Waals surface area contributed by atoms with Crippen molar-refractivity contribution in [2.24, 2.45) is 0 Å². The number of nitrogens with zero attached hydrogens (tertiary/aromatic N) is 1. The molecule has 2 aliphatic heterocycles. The van der Waals surface area contributed by atoms with Gasteiger partial charge in [0.1, 0.15) is 6.20 Å². The first-order valence-corrected chi connectivity index (χ1v) is 4.53. The van der Waals surface area contributed by atoms with E-state index in [1.165, 1.54) is 7.11 Å². The molecule has 1 spiro atoms. The van der Waals surface area contributed by atoms with E-state index in [1.54, 1.807) is 6.20 Å². The molecule has 2 rings (SSSR count). The lowest BCUT2D eigenvalue weighted by atomic mass is 9.99. The number of esters is 1. The van der Waals surface area contributed by atoms with Crippen molar-refractivity contribution in [3.8, 4) is 0 Å². The van der Waals surface area contributed by atoms with Gasteiger partial charge in [-0.05, 0) is 0 Å². The second-order valence-electron chi connectivity index (χ2n) is 3.75. The maximum Gasteiger partial charge on any atom is 0.365 e. The molecule has 4 heteroatoms. The number of quaternary nitrogens is 1. The van der Waals surface area contributed by atoms with Crippen LogP contribution in [0.25, 0.3) is 0 Å². The highest BCUT2D eigenvalue weighted by molar-refractivity contribution is 5.75. The number of aliphatic hydroxyl groups excluding tert-OH is 1. The molecule has 0 aliphatic carbocycles. The van der Waals surface area contributed by atoms with E-state index in [2.05, 4.69) is 0 Å². The van der Waals surface area contributed by atoms with Crippen LogP contribution in [0.3, 0.4) is 0 Å². The number of methoxy groups -OCH3 is 1. The van der Waals surface area contributed by atoms with Crippen LogP contribution >= 0.6 is 0 Å². The van der Waals surface area contributed by atoms with Crippen LogP contribution in [0.15, 0.2) is 12.0 Å². The molecule has 1 saturated heterocycles. The summed E-state index contributed by atoms with van der Waals surface area (Å²) in [5.74, 6) is 0.255. The Morgan fingerprint density at radius 1 is 1.69 bits per heavy atom. The van der Waals surface area contributed by atoms with E-state index in [1.807, 2.05) is 0 Å². The molecule has 1 N–H and O–H groups in total. The van der Waals surface area contributed by atoms with Crippen molar-refractivity contribution in [3.05, 3.63) is 12.0 Å². The highest BCUT2D eigenvalue weighted by Crippen LogP contribution is 2.35. The standard InChI is InChI=1S/C9H13NO3/c1-13-9(12)8-3-5-10(8)4-2-7(11)6-10/h6,8H,2-5H2,1H3/p+1/t8-,10+/m0/s1. The summed E-state index contributed by atoms with van der Waals surface area (Å²) in [6.45, 7) is 1.79. The molecule has 1 fully saturated rings. The Labute approximate surface area is 77.0 Å². The van der Waals surface area contributed by atoms with Gasteiger partial charge in [0.25, 0.3) is 0 Å². The Morgan fingerprint density at radius 2 is 2.46 bits per heavy atom. The van der Waals surface area contributed by atoms with Crippen LogP contribution in [0.5, 0.6) is 0 Å². The third-order valence-electron chi connectivity index (χ3n) is 3.10. The Morgan fingerprint density at radius 3 is 2.85 bits per heavy atom. The highest BCUT2D eigenvalue weighted by atomic mass is 16.5. The minimum Gasteiger partial charge on any atom is -0.507 e. The van der Waals surface area contributed by atoms with Crippen molar-refractivity contribution >= 4 is 5.97 Å². The van der Waals surface area contributed by atoms with Gasteiger partial charge in [0, 0.05) is 0 Å². The highest BCUT2D eigenvalue weighted by Gasteiger charge is 2.52. The van der Waals surface area contributed by atoms with E-state index >= 15 is 0 Å². The summed E-state index contributed by atoms with van der Waals surface area (Å²) < 4.78 is 5.32. The molecule has 0 aromatic carbocycles. The first-order chi connectivity index (χ1) is 6.18. The molecule has 0 unspecified atom stereocenters. The van der Waals surface area contributed by atoms with E-state index in [0.717, 1.165) is 19.5 Å². The predicted molar refractivity (Wildman–Crippen MR) is 45.7 cm³/mol. The van der Waals surface area contributed by atoms with Crippen LogP contribution < -0.4 is 0 Å². The van der Waals surface area contributed by atoms with Gasteiger partial charge in [-0.25, -0.2) is 4.79 Å². The largest absolute Gasteiger partial charge is 0.507 e. The van der Waals surface area contributed by atoms with E-state index in [4.69, 9.17) is 4.74 Å². The Hall–Kier alpha value is -1.03. The van der Waals surface area contributed by atoms with Crippen molar-refractivity contribution in [1.82, 2.24) is 0 Å². The summed E-state index contributed by atoms with van der Waals surface area (Å²) in [5, 5.41) is 9.30. The third kappa shape index (κ3) is 1.13. The second kappa shape index (κ2) is 2.73. The molecule has 4 nitrogen and oxygen atoms in total. The number of hydrogen-bond acceptors (Lipinski definition) is 3. The Bertz CT molecular complexity index is 274. The summed E-state index contributed by atoms with van der Waals surface area (Å²) in [4.78, 5) is 11.3. The van der Waals surface area contributed by atoms with E-state index in [0.29, 0.717) is 16.7 Å². The van der Waals surface area contributed by atoms with Crippen LogP contribution in [0, 0.1) is 0 Å². The zero-order valence-corrected chi connectivity index (χ0v) is 7.69. The molecule has 0 aromatic rings. The molecular formula is C9H14NO3+. The SMILES string of the molecule is COC(=O)[C@@H]1CC[N@+]12C=C(O)CC2. The van der Waals surface area contributed by atoms with Crippen molar-refractivity contribution in [2.45, 2.75) is 18.9 Å². The number of rotatable bonds is 1. The molecular weight excluding hydrogens is 170 g/mol. The monoisotopic (exact) mass is 184 g/mol. The van der Waals surface area contributed by atoms with Gasteiger partial charge in [0.05, 0.1) is 33.0 Å². The average Bonchev–Trinajstić information content (AvgIpc) is 2.48. The molecule has 0 aromatic heterocycles. The van der Waals surface area contributed by atoms with Gasteiger partial charge in [-0.1, -0.05) is 0 Å². The zero-order valence-electron chi connectivity index (χ0n) is 7.69. The summed E-state index contributed by atoms with van der Waals surface area (Å²) in [6.07, 6.45) is 3.36. The fourth-order valence-electron chi connectivity index (χ4n) is 2.22. The lowest BCUT2D eigenvalue weighted by Crippen LogP contribution is -2.64. The number of hydrogen-bond donors (Lipinski definition) is 1. The fraction of sp³-hybridized carbons (Fsp3) is 0.667. The van der Waals surface area contributed by atoms with E-state index in [9.17, 15) is 9.90 Å². The molecule has 2 heterocycles. The molecule has 2 aliphatic rings. The number of carbonyl (C=O) groups is 1. The van der Waals surface area contributed by atoms with Crippen LogP contribution in [-0.4, -0.2) is 41.8 Å². The third-order valence-corrected chi connectivity index (χ3v) is 3.10. The van der Waals surface area contributed by atoms with Crippen LogP contribution in [-0.2, 0) is 9.53 Å². The van der Waals surface area contributed by atoms with Gasteiger partial charge >= 0.3 is 5.97 Å². The van der Waals surface area contributed by atoms with Crippen molar-refractivity contribution < 1.29 is 19.1 Å². The number of carbonyl (C=O) groups excluding carboxylic acids is 1. The van der Waals surface area contributed by atoms with Crippen molar-refractivity contribution in [1.29, 1.82) is 0 Å². The van der Waals surface area contributed by atoms with Crippen LogP contribution in [0.4, 0.5) is 0 Å².